The van der Waals surface area contributed by atoms with Crippen LogP contribution in [0, 0.1) is 0 Å². The highest BCUT2D eigenvalue weighted by atomic mass is 16.8. The standard InChI is InChI=1S/C51H52O25/c1-67-34-15-23(3-11-29(34)56)4-12-38(59)68-21-37-42(63)44(65)48(76-50-47(40(61)31(58)20-69-50)75-39(60)13-5-22-2-10-28(55)30(57)14-22)51(74-37)72-35-18-27-32(70-46(35)24-6-8-25(53)9-7-24)16-26(54)17-33(27)71-49-45(66)43(64)41(62)36(19-52)73-49/h2-18,31,36-37,40-45,47-53,55-58,61-66H,19-21H2,1H3/t31-,36-,37-,40+,41-,42-,43+,44+,45-,47-,48-,49-,50+,51-/m1/s1. The van der Waals surface area contributed by atoms with Gasteiger partial charge in [0, 0.05) is 29.8 Å². The maximum atomic E-state index is 13.2. The number of rotatable bonds is 16. The van der Waals surface area contributed by atoms with Crippen molar-refractivity contribution in [2.75, 3.05) is 26.9 Å². The fraction of sp³-hybridized carbons (Fsp3) is 0.353. The molecule has 4 aliphatic heterocycles. The minimum Gasteiger partial charge on any atom is -0.508 e. The van der Waals surface area contributed by atoms with Gasteiger partial charge >= 0.3 is 11.9 Å². The summed E-state index contributed by atoms with van der Waals surface area (Å²) in [4.78, 5) is 39.4. The Hall–Kier alpha value is -7.37. The predicted octanol–water partition coefficient (Wildman–Crippen LogP) is -0.408. The van der Waals surface area contributed by atoms with E-state index in [9.17, 15) is 75.7 Å². The zero-order valence-corrected chi connectivity index (χ0v) is 39.7. The van der Waals surface area contributed by atoms with Gasteiger partial charge in [-0.2, -0.15) is 0 Å². The van der Waals surface area contributed by atoms with Crippen LogP contribution in [0.2, 0.25) is 0 Å². The molecule has 3 fully saturated rings. The molecule has 5 aliphatic rings. The summed E-state index contributed by atoms with van der Waals surface area (Å²) >= 11 is 0. The van der Waals surface area contributed by atoms with Gasteiger partial charge in [0.25, 0.3) is 0 Å². The third kappa shape index (κ3) is 12.3. The van der Waals surface area contributed by atoms with Crippen LogP contribution in [0.25, 0.3) is 34.8 Å². The van der Waals surface area contributed by atoms with Gasteiger partial charge in [0.05, 0.1) is 25.9 Å². The largest absolute Gasteiger partial charge is 0.508 e. The Labute approximate surface area is 429 Å². The van der Waals surface area contributed by atoms with E-state index < -0.39 is 135 Å². The molecule has 14 atom stereocenters. The maximum Gasteiger partial charge on any atom is 0.331 e. The van der Waals surface area contributed by atoms with Gasteiger partial charge in [-0.05, 0) is 77.9 Å². The van der Waals surface area contributed by atoms with Gasteiger partial charge in [-0.1, -0.05) is 12.1 Å². The SMILES string of the molecule is COc1cc(C=CC(=O)OC[C@H]2O[C@@H](Oc3cc4c(O[C@@H]5O[C@H](CO)[C@@H](O)[C@H](O)[C@H]5O)cc(=O)cc-4oc3-c3ccc(O)cc3)[C@H](O[C@@H]3OC[C@@H](O)[C@H](O)[C@H]3OC(=O)C=Cc3ccc(O)c(O)c3)[C@@H](O)[C@@H]2O)ccc1O. The Morgan fingerprint density at radius 2 is 1.29 bits per heavy atom. The molecule has 25 heteroatoms. The molecule has 4 heterocycles. The molecule has 8 rings (SSSR count). The van der Waals surface area contributed by atoms with E-state index in [0.29, 0.717) is 5.56 Å². The van der Waals surface area contributed by atoms with Crippen molar-refractivity contribution in [2.24, 2.45) is 0 Å². The Bertz CT molecular complexity index is 2920. The molecule has 0 amide bonds. The second-order valence-corrected chi connectivity index (χ2v) is 17.5. The summed E-state index contributed by atoms with van der Waals surface area (Å²) in [5.41, 5.74) is 0.0295. The van der Waals surface area contributed by atoms with E-state index in [2.05, 4.69) is 0 Å². The number of hydrogen-bond acceptors (Lipinski definition) is 25. The van der Waals surface area contributed by atoms with E-state index in [0.717, 1.165) is 36.4 Å². The molecular weight excluding hydrogens is 1010 g/mol. The fourth-order valence-electron chi connectivity index (χ4n) is 8.18. The second kappa shape index (κ2) is 23.7. The van der Waals surface area contributed by atoms with Crippen LogP contribution in [-0.2, 0) is 38.0 Å². The molecule has 3 saturated heterocycles. The van der Waals surface area contributed by atoms with Crippen molar-refractivity contribution >= 4 is 24.1 Å². The number of ether oxygens (including phenoxy) is 9. The van der Waals surface area contributed by atoms with Gasteiger partial charge in [0.15, 0.2) is 58.4 Å². The molecule has 0 saturated carbocycles. The molecule has 76 heavy (non-hydrogen) atoms. The normalized spacial score (nSPS) is 28.8. The van der Waals surface area contributed by atoms with E-state index in [4.69, 9.17) is 47.0 Å². The van der Waals surface area contributed by atoms with Crippen LogP contribution >= 0.6 is 0 Å². The molecule has 3 aromatic rings. The number of carbonyl (C=O) groups excluding carboxylic acids is 2. The van der Waals surface area contributed by atoms with Crippen molar-refractivity contribution in [3.63, 3.8) is 0 Å². The Balaban J connectivity index is 1.15. The number of carbonyl (C=O) groups is 2. The summed E-state index contributed by atoms with van der Waals surface area (Å²) in [5, 5.41) is 126. The summed E-state index contributed by atoms with van der Waals surface area (Å²) in [7, 11) is 1.33. The van der Waals surface area contributed by atoms with Crippen molar-refractivity contribution in [1.82, 2.24) is 0 Å². The first-order valence-corrected chi connectivity index (χ1v) is 23.1. The van der Waals surface area contributed by atoms with Gasteiger partial charge in [-0.15, -0.1) is 0 Å². The van der Waals surface area contributed by atoms with Crippen molar-refractivity contribution in [3.05, 3.63) is 112 Å². The summed E-state index contributed by atoms with van der Waals surface area (Å²) in [6.07, 6.45) is -21.4. The molecule has 0 bridgehead atoms. The monoisotopic (exact) mass is 1060 g/mol. The first-order chi connectivity index (χ1) is 36.3. The molecule has 3 aromatic carbocycles. The number of hydrogen-bond donors (Lipinski definition) is 12. The quantitative estimate of drug-likeness (QED) is 0.0339. The van der Waals surface area contributed by atoms with Crippen molar-refractivity contribution in [1.29, 1.82) is 0 Å². The third-order valence-electron chi connectivity index (χ3n) is 12.3. The van der Waals surface area contributed by atoms with Gasteiger partial charge in [-0.3, -0.25) is 4.79 Å². The van der Waals surface area contributed by atoms with Crippen molar-refractivity contribution < 1.29 is 118 Å². The smallest absolute Gasteiger partial charge is 0.331 e. The highest BCUT2D eigenvalue weighted by Gasteiger charge is 2.52. The molecular formula is C51H52O25. The highest BCUT2D eigenvalue weighted by Crippen LogP contribution is 2.44. The molecule has 0 aromatic heterocycles. The highest BCUT2D eigenvalue weighted by molar-refractivity contribution is 5.88. The first kappa shape index (κ1) is 54.9. The molecule has 1 aliphatic carbocycles. The average Bonchev–Trinajstić information content (AvgIpc) is 3.41. The Morgan fingerprint density at radius 3 is 1.99 bits per heavy atom. The third-order valence-corrected chi connectivity index (χ3v) is 12.3. The van der Waals surface area contributed by atoms with Crippen LogP contribution < -0.4 is 19.6 Å². The fourth-order valence-corrected chi connectivity index (χ4v) is 8.18. The summed E-state index contributed by atoms with van der Waals surface area (Å²) in [6.45, 7) is -2.21. The van der Waals surface area contributed by atoms with E-state index in [-0.39, 0.29) is 57.0 Å². The predicted molar refractivity (Wildman–Crippen MR) is 254 cm³/mol. The van der Waals surface area contributed by atoms with Crippen molar-refractivity contribution in [3.8, 4) is 62.9 Å². The molecule has 0 spiro atoms. The lowest BCUT2D eigenvalue weighted by atomic mass is 9.98. The molecule has 12 N–H and O–H groups in total. The number of fused-ring (bicyclic) bond motifs is 1. The van der Waals surface area contributed by atoms with Crippen LogP contribution in [0.15, 0.2) is 100 Å². The van der Waals surface area contributed by atoms with Crippen molar-refractivity contribution in [2.45, 2.75) is 86.0 Å². The van der Waals surface area contributed by atoms with Crippen LogP contribution in [-0.4, -0.2) is 186 Å². The second-order valence-electron chi connectivity index (χ2n) is 17.5. The molecule has 0 radical (unpaired) electrons. The van der Waals surface area contributed by atoms with Crippen LogP contribution in [0.1, 0.15) is 11.1 Å². The van der Waals surface area contributed by atoms with E-state index in [1.165, 1.54) is 73.9 Å². The zero-order valence-electron chi connectivity index (χ0n) is 39.7. The lowest BCUT2D eigenvalue weighted by Crippen LogP contribution is -2.64. The van der Waals surface area contributed by atoms with Crippen LogP contribution in [0.3, 0.4) is 0 Å². The summed E-state index contributed by atoms with van der Waals surface area (Å²) < 4.78 is 58.1. The van der Waals surface area contributed by atoms with E-state index in [1.54, 1.807) is 0 Å². The number of benzene rings is 4. The molecule has 406 valence electrons. The van der Waals surface area contributed by atoms with Gasteiger partial charge in [-0.25, -0.2) is 9.59 Å². The zero-order chi connectivity index (χ0) is 54.5. The number of aromatic hydroxyl groups is 4. The maximum absolute atomic E-state index is 13.2. The van der Waals surface area contributed by atoms with Crippen LogP contribution in [0.5, 0.6) is 40.2 Å². The van der Waals surface area contributed by atoms with Gasteiger partial charge in [0.1, 0.15) is 78.8 Å². The van der Waals surface area contributed by atoms with Gasteiger partial charge < -0.3 is 108 Å². The first-order valence-electron chi connectivity index (χ1n) is 23.1. The Morgan fingerprint density at radius 1 is 0.632 bits per heavy atom. The number of phenols is 4. The van der Waals surface area contributed by atoms with Gasteiger partial charge in [0.2, 0.25) is 12.6 Å². The minimum absolute atomic E-state index is 0.0956. The summed E-state index contributed by atoms with van der Waals surface area (Å²) in [6, 6.07) is 16.5. The van der Waals surface area contributed by atoms with Crippen LogP contribution in [0.4, 0.5) is 0 Å². The Kier molecular flexibility index (Phi) is 17.1. The molecule has 25 nitrogen and oxygen atoms in total. The minimum atomic E-state index is -2.10. The molecule has 0 unspecified atom stereocenters. The van der Waals surface area contributed by atoms with E-state index in [1.807, 2.05) is 0 Å². The lowest BCUT2D eigenvalue weighted by molar-refractivity contribution is -0.345. The lowest BCUT2D eigenvalue weighted by Gasteiger charge is -2.45. The average molecular weight is 1060 g/mol. The topological polar surface area (TPSA) is 390 Å². The number of aliphatic hydroxyl groups is 8. The number of methoxy groups -OCH3 is 1. The number of aliphatic hydroxyl groups excluding tert-OH is 8. The van der Waals surface area contributed by atoms with E-state index >= 15 is 0 Å². The number of phenolic OH excluding ortho intramolecular Hbond substituents is 4. The number of esters is 2. The summed E-state index contributed by atoms with van der Waals surface area (Å²) in [5.74, 6) is -4.35.